The van der Waals surface area contributed by atoms with Crippen molar-refractivity contribution in [2.45, 2.75) is 6.54 Å². The van der Waals surface area contributed by atoms with Gasteiger partial charge in [0.25, 0.3) is 5.91 Å². The molecule has 1 aromatic heterocycles. The molecule has 0 radical (unpaired) electrons. The lowest BCUT2D eigenvalue weighted by molar-refractivity contribution is -0.130. The minimum atomic E-state index is -3.67. The summed E-state index contributed by atoms with van der Waals surface area (Å²) in [7, 11) is 0.829. The number of aliphatic hydroxyl groups is 1. The van der Waals surface area contributed by atoms with E-state index in [1.165, 1.54) is 35.2 Å². The molecule has 9 nitrogen and oxygen atoms in total. The molecule has 180 valence electrons. The first-order valence-electron chi connectivity index (χ1n) is 10.5. The fraction of sp³-hybridized carbons (Fsp3) is 0.348. The number of pyridine rings is 1. The molecule has 4 rings (SSSR count). The molecular formula is C23H25FN4O5S. The zero-order valence-electron chi connectivity index (χ0n) is 19.2. The Kier molecular flexibility index (Phi) is 5.84. The Morgan fingerprint density at radius 3 is 2.62 bits per heavy atom. The van der Waals surface area contributed by atoms with E-state index in [0.717, 1.165) is 16.6 Å². The second kappa shape index (κ2) is 8.39. The largest absolute Gasteiger partial charge is 0.509 e. The molecule has 2 atom stereocenters. The highest BCUT2D eigenvalue weighted by Gasteiger charge is 2.49. The molecule has 1 fully saturated rings. The highest BCUT2D eigenvalue weighted by Crippen LogP contribution is 2.39. The predicted octanol–water partition coefficient (Wildman–Crippen LogP) is -0.123. The number of carbonyl (C=O) groups is 2. The fourth-order valence-electron chi connectivity index (χ4n) is 4.57. The van der Waals surface area contributed by atoms with E-state index in [-0.39, 0.29) is 29.8 Å². The summed E-state index contributed by atoms with van der Waals surface area (Å²) in [6.45, 7) is 0.0952. The van der Waals surface area contributed by atoms with Crippen molar-refractivity contribution >= 4 is 33.3 Å². The summed E-state index contributed by atoms with van der Waals surface area (Å²) in [4.78, 5) is 33.0. The smallest absolute Gasteiger partial charge is 0.253 e. The van der Waals surface area contributed by atoms with Crippen LogP contribution in [0.1, 0.15) is 15.9 Å². The van der Waals surface area contributed by atoms with Crippen LogP contribution in [0.25, 0.3) is 11.5 Å². The Hall–Kier alpha value is -3.47. The summed E-state index contributed by atoms with van der Waals surface area (Å²) in [5, 5.41) is 11.6. The lowest BCUT2D eigenvalue weighted by Gasteiger charge is -2.30. The van der Waals surface area contributed by atoms with Gasteiger partial charge in [0.15, 0.2) is 0 Å². The Bertz CT molecular complexity index is 1420. The highest BCUT2D eigenvalue weighted by molar-refractivity contribution is 7.88. The first-order valence-corrected chi connectivity index (χ1v) is 12.4. The summed E-state index contributed by atoms with van der Waals surface area (Å²) < 4.78 is 39.9. The topological polar surface area (TPSA) is 111 Å². The number of nitrogens with zero attached hydrogens (tertiary/aromatic N) is 4. The summed E-state index contributed by atoms with van der Waals surface area (Å²) in [6, 6.07) is 7.09. The molecule has 2 unspecified atom stereocenters. The normalized spacial score (nSPS) is 19.7. The van der Waals surface area contributed by atoms with E-state index in [4.69, 9.17) is 0 Å². The number of benzene rings is 1. The van der Waals surface area contributed by atoms with Gasteiger partial charge in [0.1, 0.15) is 22.8 Å². The third-order valence-electron chi connectivity index (χ3n) is 6.28. The van der Waals surface area contributed by atoms with Gasteiger partial charge in [-0.15, -0.1) is 0 Å². The van der Waals surface area contributed by atoms with Crippen LogP contribution >= 0.6 is 0 Å². The van der Waals surface area contributed by atoms with Crippen LogP contribution in [-0.4, -0.2) is 78.4 Å². The number of aliphatic hydroxyl groups excluding tert-OH is 1. The fourth-order valence-corrected chi connectivity index (χ4v) is 5.16. The van der Waals surface area contributed by atoms with Crippen molar-refractivity contribution in [2.24, 2.45) is 11.8 Å². The number of hydrogen-bond acceptors (Lipinski definition) is 6. The van der Waals surface area contributed by atoms with E-state index in [1.807, 2.05) is 0 Å². The lowest BCUT2D eigenvalue weighted by Crippen LogP contribution is -2.47. The van der Waals surface area contributed by atoms with Gasteiger partial charge in [0, 0.05) is 62.8 Å². The number of likely N-dealkylation sites (tertiary alicyclic amines) is 1. The molecule has 11 heteroatoms. The summed E-state index contributed by atoms with van der Waals surface area (Å²) in [6.07, 6.45) is 2.53. The number of carbonyl (C=O) groups excluding carboxylic acids is 2. The molecular weight excluding hydrogens is 463 g/mol. The molecule has 0 bridgehead atoms. The second-order valence-electron chi connectivity index (χ2n) is 8.70. The first kappa shape index (κ1) is 23.7. The van der Waals surface area contributed by atoms with Gasteiger partial charge >= 0.3 is 0 Å². The number of rotatable bonds is 5. The average molecular weight is 489 g/mol. The van der Waals surface area contributed by atoms with Crippen LogP contribution in [0.3, 0.4) is 0 Å². The quantitative estimate of drug-likeness (QED) is 0.628. The molecule has 1 aromatic carbocycles. The van der Waals surface area contributed by atoms with Gasteiger partial charge in [-0.3, -0.25) is 18.9 Å². The van der Waals surface area contributed by atoms with E-state index < -0.39 is 39.5 Å². The minimum Gasteiger partial charge on any atom is -0.509 e. The molecule has 34 heavy (non-hydrogen) atoms. The number of aromatic nitrogens is 1. The average Bonchev–Trinajstić information content (AvgIpc) is 3.09. The summed E-state index contributed by atoms with van der Waals surface area (Å²) in [5.74, 6) is -3.30. The van der Waals surface area contributed by atoms with Crippen molar-refractivity contribution in [1.29, 1.82) is 0 Å². The van der Waals surface area contributed by atoms with Crippen molar-refractivity contribution in [3.05, 3.63) is 64.0 Å². The molecule has 0 saturated carbocycles. The van der Waals surface area contributed by atoms with Crippen molar-refractivity contribution in [3.8, 4) is 0 Å². The van der Waals surface area contributed by atoms with Crippen molar-refractivity contribution < 1.29 is 27.5 Å². The summed E-state index contributed by atoms with van der Waals surface area (Å²) >= 11 is 0. The van der Waals surface area contributed by atoms with Crippen molar-refractivity contribution in [1.82, 2.24) is 19.1 Å². The van der Waals surface area contributed by atoms with Crippen LogP contribution in [0.4, 0.5) is 4.39 Å². The van der Waals surface area contributed by atoms with Crippen LogP contribution in [-0.2, 0) is 21.4 Å². The Balaban J connectivity index is 1.80. The highest BCUT2D eigenvalue weighted by atomic mass is 32.2. The number of fused-ring (bicyclic) bond motifs is 2. The molecule has 1 N–H and O–H groups in total. The van der Waals surface area contributed by atoms with E-state index in [0.29, 0.717) is 16.5 Å². The van der Waals surface area contributed by atoms with Crippen LogP contribution in [0.5, 0.6) is 0 Å². The molecule has 2 amide bonds. The van der Waals surface area contributed by atoms with E-state index >= 15 is 0 Å². The maximum Gasteiger partial charge on any atom is 0.253 e. The monoisotopic (exact) mass is 488 g/mol. The molecule has 1 aliphatic heterocycles. The first-order chi connectivity index (χ1) is 15.9. The van der Waals surface area contributed by atoms with Gasteiger partial charge in [-0.1, -0.05) is 6.07 Å². The number of hydrogen-bond donors (Lipinski definition) is 1. The van der Waals surface area contributed by atoms with Crippen LogP contribution in [0.15, 0.2) is 36.5 Å². The zero-order chi connectivity index (χ0) is 24.9. The van der Waals surface area contributed by atoms with Gasteiger partial charge in [0.05, 0.1) is 6.26 Å². The van der Waals surface area contributed by atoms with Crippen molar-refractivity contribution in [3.63, 3.8) is 0 Å². The third kappa shape index (κ3) is 3.89. The summed E-state index contributed by atoms with van der Waals surface area (Å²) in [5.41, 5.74) is 0.941. The van der Waals surface area contributed by atoms with Gasteiger partial charge in [-0.05, 0) is 29.8 Å². The molecule has 0 spiro atoms. The maximum absolute atomic E-state index is 13.9. The van der Waals surface area contributed by atoms with E-state index in [2.05, 4.69) is 4.98 Å². The lowest BCUT2D eigenvalue weighted by atomic mass is 9.85. The third-order valence-corrected chi connectivity index (χ3v) is 7.47. The molecule has 2 aromatic rings. The Morgan fingerprint density at radius 1 is 1.26 bits per heavy atom. The van der Waals surface area contributed by atoms with Crippen LogP contribution in [0, 0.1) is 17.7 Å². The minimum absolute atomic E-state index is 0.00600. The van der Waals surface area contributed by atoms with E-state index in [9.17, 15) is 27.5 Å². The van der Waals surface area contributed by atoms with E-state index in [1.54, 1.807) is 26.2 Å². The Morgan fingerprint density at radius 2 is 1.97 bits per heavy atom. The number of amides is 2. The Labute approximate surface area is 196 Å². The predicted molar refractivity (Wildman–Crippen MR) is 122 cm³/mol. The van der Waals surface area contributed by atoms with Gasteiger partial charge in [-0.2, -0.15) is 0 Å². The molecule has 2 aliphatic rings. The van der Waals surface area contributed by atoms with Gasteiger partial charge < -0.3 is 14.9 Å². The standard InChI is InChI=1S/C23H25FN4O5S/c1-26(2)22(30)16-10-14(24)8-7-13(16)11-28-12-17-18(23(28)31)21(29)19-15(6-5-9-25-19)20(17)27(3)34(4,32)33/h5-10,17-18,29H,11-12H2,1-4H3. The van der Waals surface area contributed by atoms with Crippen molar-refractivity contribution in [2.75, 3.05) is 33.9 Å². The molecule has 1 saturated heterocycles. The van der Waals surface area contributed by atoms with Gasteiger partial charge in [-0.25, -0.2) is 12.8 Å². The molecule has 1 aliphatic carbocycles. The van der Waals surface area contributed by atoms with Crippen LogP contribution < -0.4 is 10.6 Å². The number of sulfonamides is 1. The van der Waals surface area contributed by atoms with Crippen LogP contribution in [0.2, 0.25) is 0 Å². The SMILES string of the molecule is CN(C)C(=O)c1cc(F)ccc1CN1CC2C(N(C)S(C)(=O)=O)=c3cccnc3=C(O)C2C1=O. The van der Waals surface area contributed by atoms with Gasteiger partial charge in [0.2, 0.25) is 15.9 Å². The number of halogens is 1. The second-order valence-corrected chi connectivity index (χ2v) is 10.7. The zero-order valence-corrected chi connectivity index (χ0v) is 20.0. The maximum atomic E-state index is 13.9. The molecule has 2 heterocycles.